The molecular formula is C86H90BCl2F5IN27O7. The van der Waals surface area contributed by atoms with Crippen LogP contribution in [-0.2, 0) is 14.0 Å². The molecule has 43 heteroatoms. The van der Waals surface area contributed by atoms with Crippen molar-refractivity contribution in [3.05, 3.63) is 220 Å². The largest absolute Gasteiger partial charge is 0.498 e. The lowest BCUT2D eigenvalue weighted by Crippen LogP contribution is -2.41. The van der Waals surface area contributed by atoms with Gasteiger partial charge in [0.05, 0.1) is 119 Å². The van der Waals surface area contributed by atoms with Crippen molar-refractivity contribution in [3.63, 3.8) is 0 Å². The molecule has 34 nitrogen and oxygen atoms in total. The molecule has 20 rings (SSSR count). The van der Waals surface area contributed by atoms with E-state index in [9.17, 15) is 36.3 Å². The van der Waals surface area contributed by atoms with E-state index in [1.165, 1.54) is 43.2 Å². The summed E-state index contributed by atoms with van der Waals surface area (Å²) >= 11 is 13.0. The Morgan fingerprint density at radius 1 is 0.527 bits per heavy atom. The van der Waals surface area contributed by atoms with Gasteiger partial charge in [-0.25, -0.2) is 75.8 Å². The van der Waals surface area contributed by atoms with Crippen molar-refractivity contribution in [2.24, 2.45) is 0 Å². The third kappa shape index (κ3) is 24.0. The standard InChI is InChI=1S/C21H20FN9O.C16H18FN3O2.C12H19BN2O2.C12H10FN3O2.C11H9ClFN3.C9H12N6.C5H2ClFIN/c1-12(2)31-20(27-28-29-31)17-4-3-5-19(25-17)26-21(32)18-8-15(16(22)10-23-18)13-9-24-30(11-13)14-6-7-14;1-2-3-6-22-16(21)15-7-13(14(17)9-18-15)11-8-19-20(10-11)12-4-5-12;1-11(2)12(3,4)17-13(16-11)9-7-14-15(8-9)10-5-6-10;13-10-5-14-11(12(17)18)3-9(10)7-4-15-16(6-7)8-1-2-8;12-11-3-9(10(13)5-14-11)7-4-15-16(6-7)8-1-2-8;1-6(2)15-9(12-13-14-15)7-4-3-5-8(10)11-7;6-5-1-4(8)3(7)2-9-5/h3-5,8-12,14H,6-7H2,1-2H3,(H,25,26,32);7-10,12H,2-6H2,1H3;7-8,10H,5-6H2,1-4H3;3-6,8H,1-2H2,(H,17,18);3-6,8H,1-2H2;3-6H,1-2H3,(H2,10,11);1-2H. The number of pyridine rings is 7. The summed E-state index contributed by atoms with van der Waals surface area (Å²) in [5.74, 6) is -2.55. The number of nitrogens with zero attached hydrogens (tertiary/aromatic N) is 25. The average molecular weight is 1920 g/mol. The molecule has 0 unspecified atom stereocenters. The maximum absolute atomic E-state index is 14.4. The van der Waals surface area contributed by atoms with Crippen molar-refractivity contribution in [2.75, 3.05) is 17.7 Å². The van der Waals surface area contributed by atoms with Crippen molar-refractivity contribution in [1.82, 2.24) is 124 Å². The second-order valence-electron chi connectivity index (χ2n) is 32.6. The minimum atomic E-state index is -1.18. The Hall–Kier alpha value is -12.6. The van der Waals surface area contributed by atoms with E-state index in [2.05, 4.69) is 131 Å². The molecule has 670 valence electrons. The van der Waals surface area contributed by atoms with Crippen LogP contribution >= 0.6 is 45.8 Å². The molecule has 4 N–H and O–H groups in total. The summed E-state index contributed by atoms with van der Waals surface area (Å²) in [6, 6.07) is 20.2. The van der Waals surface area contributed by atoms with Gasteiger partial charge in [-0.1, -0.05) is 48.7 Å². The predicted molar refractivity (Wildman–Crippen MR) is 475 cm³/mol. The summed E-state index contributed by atoms with van der Waals surface area (Å²) in [6.07, 6.45) is 35.8. The van der Waals surface area contributed by atoms with Crippen LogP contribution in [0.4, 0.5) is 33.6 Å². The number of nitrogens with one attached hydrogen (secondary N) is 1. The van der Waals surface area contributed by atoms with E-state index >= 15 is 0 Å². The maximum Gasteiger partial charge on any atom is 0.498 e. The van der Waals surface area contributed by atoms with E-state index in [0.717, 1.165) is 106 Å². The second-order valence-corrected chi connectivity index (χ2v) is 34.5. The lowest BCUT2D eigenvalue weighted by Gasteiger charge is -2.32. The number of amides is 1. The Morgan fingerprint density at radius 2 is 0.915 bits per heavy atom. The Morgan fingerprint density at radius 3 is 1.34 bits per heavy atom. The number of hydrogen-bond acceptors (Lipinski definition) is 25. The Bertz CT molecular complexity index is 6270. The van der Waals surface area contributed by atoms with Crippen LogP contribution in [0.25, 0.3) is 67.5 Å². The van der Waals surface area contributed by atoms with E-state index < -0.39 is 35.3 Å². The van der Waals surface area contributed by atoms with E-state index in [-0.39, 0.29) is 75.4 Å². The van der Waals surface area contributed by atoms with Gasteiger partial charge in [-0.15, -0.1) is 10.2 Å². The lowest BCUT2D eigenvalue weighted by molar-refractivity contribution is 0.00578. The number of nitrogen functional groups attached to an aromatic ring is 1. The summed E-state index contributed by atoms with van der Waals surface area (Å²) < 4.78 is 98.3. The van der Waals surface area contributed by atoms with Crippen LogP contribution in [0.2, 0.25) is 10.3 Å². The molecule has 1 aliphatic heterocycles. The van der Waals surface area contributed by atoms with Crippen LogP contribution in [0.1, 0.15) is 213 Å². The molecule has 0 aromatic carbocycles. The number of rotatable bonds is 21. The van der Waals surface area contributed by atoms with Gasteiger partial charge in [0.15, 0.2) is 5.82 Å². The highest BCUT2D eigenvalue weighted by Crippen LogP contribution is 2.41. The number of carboxylic acid groups (broad SMARTS) is 1. The number of carbonyl (C=O) groups excluding carboxylic acids is 2. The molecule has 0 atom stereocenters. The molecule has 1 amide bonds. The number of nitrogens with two attached hydrogens (primary N) is 1. The summed E-state index contributed by atoms with van der Waals surface area (Å²) in [4.78, 5) is 62.6. The molecule has 5 saturated carbocycles. The smallest absolute Gasteiger partial charge is 0.477 e. The normalized spacial score (nSPS) is 15.1. The number of hydrogen-bond donors (Lipinski definition) is 3. The number of carbonyl (C=O) groups is 3. The molecular weight excluding hydrogens is 1830 g/mol. The fourth-order valence-electron chi connectivity index (χ4n) is 12.6. The van der Waals surface area contributed by atoms with Crippen molar-refractivity contribution >= 4 is 87.9 Å². The minimum Gasteiger partial charge on any atom is -0.477 e. The first-order chi connectivity index (χ1) is 61.8. The lowest BCUT2D eigenvalue weighted by atomic mass is 9.82. The molecule has 14 aromatic rings. The highest BCUT2D eigenvalue weighted by molar-refractivity contribution is 14.1. The van der Waals surface area contributed by atoms with Crippen LogP contribution in [-0.4, -0.2) is 172 Å². The number of tetrazole rings is 2. The number of unbranched alkanes of at least 4 members (excludes halogenated alkanes) is 1. The van der Waals surface area contributed by atoms with Gasteiger partial charge in [0.2, 0.25) is 11.6 Å². The van der Waals surface area contributed by atoms with Crippen molar-refractivity contribution in [1.29, 1.82) is 0 Å². The Labute approximate surface area is 760 Å². The third-order valence-corrected chi connectivity index (χ3v) is 22.4. The highest BCUT2D eigenvalue weighted by atomic mass is 127. The molecule has 0 bridgehead atoms. The van der Waals surface area contributed by atoms with E-state index in [4.69, 9.17) is 48.1 Å². The number of carboxylic acids is 1. The quantitative estimate of drug-likeness (QED) is 0.0150. The van der Waals surface area contributed by atoms with Crippen LogP contribution in [0.5, 0.6) is 0 Å². The van der Waals surface area contributed by atoms with Gasteiger partial charge in [0, 0.05) is 87.2 Å². The molecule has 0 radical (unpaired) electrons. The number of halogens is 8. The molecule has 14 aromatic heterocycles. The van der Waals surface area contributed by atoms with Gasteiger partial charge in [-0.3, -0.25) is 28.2 Å². The monoisotopic (exact) mass is 1920 g/mol. The molecule has 6 aliphatic rings. The number of anilines is 2. The van der Waals surface area contributed by atoms with Crippen molar-refractivity contribution in [2.45, 2.75) is 193 Å². The van der Waals surface area contributed by atoms with Crippen LogP contribution in [0.3, 0.4) is 0 Å². The van der Waals surface area contributed by atoms with Gasteiger partial charge in [-0.05, 0) is 224 Å². The Kier molecular flexibility index (Phi) is 29.3. The maximum atomic E-state index is 14.4. The van der Waals surface area contributed by atoms with Gasteiger partial charge in [0.25, 0.3) is 5.91 Å². The minimum absolute atomic E-state index is 0.0474. The number of aromatic carboxylic acids is 1. The average Bonchev–Trinajstić information content (AvgIpc) is 1.61. The van der Waals surface area contributed by atoms with E-state index in [0.29, 0.717) is 108 Å². The zero-order chi connectivity index (χ0) is 91.5. The molecule has 1 saturated heterocycles. The van der Waals surface area contributed by atoms with Gasteiger partial charge >= 0.3 is 19.1 Å². The first kappa shape index (κ1) is 92.6. The zero-order valence-electron chi connectivity index (χ0n) is 71.5. The summed E-state index contributed by atoms with van der Waals surface area (Å²) in [5.41, 5.74) is 11.1. The van der Waals surface area contributed by atoms with Crippen LogP contribution in [0, 0.1) is 32.7 Å². The van der Waals surface area contributed by atoms with Crippen LogP contribution < -0.4 is 16.5 Å². The van der Waals surface area contributed by atoms with Crippen LogP contribution in [0.15, 0.2) is 160 Å². The molecule has 5 aliphatic carbocycles. The molecule has 6 fully saturated rings. The summed E-state index contributed by atoms with van der Waals surface area (Å²) in [7, 11) is -0.285. The van der Waals surface area contributed by atoms with Gasteiger partial charge in [0.1, 0.15) is 73.7 Å². The predicted octanol–water partition coefficient (Wildman–Crippen LogP) is 16.8. The van der Waals surface area contributed by atoms with Gasteiger partial charge in [-0.2, -0.15) is 25.5 Å². The van der Waals surface area contributed by atoms with Gasteiger partial charge < -0.3 is 30.2 Å². The van der Waals surface area contributed by atoms with Crippen molar-refractivity contribution in [3.8, 4) is 67.5 Å². The highest BCUT2D eigenvalue weighted by Gasteiger charge is 2.52. The van der Waals surface area contributed by atoms with E-state index in [1.54, 1.807) is 75.5 Å². The first-order valence-electron chi connectivity index (χ1n) is 41.6. The molecule has 0 spiro atoms. The van der Waals surface area contributed by atoms with Crippen molar-refractivity contribution < 1.29 is 55.5 Å². The second kappa shape index (κ2) is 40.8. The summed E-state index contributed by atoms with van der Waals surface area (Å²) in [6.45, 7) is 18.6. The number of aromatic nitrogens is 25. The Balaban J connectivity index is 0.000000125. The van der Waals surface area contributed by atoms with E-state index in [1.807, 2.05) is 107 Å². The number of ether oxygens (including phenoxy) is 1. The first-order valence-corrected chi connectivity index (χ1v) is 43.5. The fourth-order valence-corrected chi connectivity index (χ4v) is 13.5. The zero-order valence-corrected chi connectivity index (χ0v) is 75.2. The molecule has 129 heavy (non-hydrogen) atoms. The fraction of sp³-hybridized carbons (Fsp3) is 0.360. The summed E-state index contributed by atoms with van der Waals surface area (Å²) in [5, 5.41) is 56.6. The SMILES string of the molecule is CC(C)n1nnnc1-c1cccc(N)n1.CC(C)n1nnnc1-c1cccc(NC(=O)c2cc(-c3cnn(C4CC4)c3)c(F)cn2)n1.CC1(C)OB(c2cnn(C3CC3)c2)OC1(C)C.CCCCOC(=O)c1cc(-c2cnn(C3CC3)c2)c(F)cn1.Fc1cnc(Cl)cc1-c1cnn(C2CC2)c1.Fc1cnc(Cl)cc1I.O=C(O)c1cc(-c2cnn(C3CC3)c2)c(F)cn1. The topological polar surface area (TPSA) is 404 Å². The molecule has 15 heterocycles. The number of esters is 1. The third-order valence-electron chi connectivity index (χ3n) is 21.1.